The molecule has 2 heteroatoms. The minimum Gasteiger partial charge on any atom is -0.308 e. The standard InChI is InChI=1S/C13H20N2/c1-10(2)9-15-12-7-3-5-11-6-4-8-14-13(11)12/h4,6,8,10,12,15H,3,5,7,9H2,1-2H3/t12-/m1/s1. The van der Waals surface area contributed by atoms with Crippen LogP contribution in [0.25, 0.3) is 0 Å². The van der Waals surface area contributed by atoms with Crippen molar-refractivity contribution >= 4 is 0 Å². The molecule has 15 heavy (non-hydrogen) atoms. The lowest BCUT2D eigenvalue weighted by atomic mass is 9.91. The Balaban J connectivity index is 2.08. The number of hydrogen-bond acceptors (Lipinski definition) is 2. The van der Waals surface area contributed by atoms with Gasteiger partial charge in [0, 0.05) is 12.2 Å². The van der Waals surface area contributed by atoms with Crippen molar-refractivity contribution in [3.05, 3.63) is 29.6 Å². The first-order valence-corrected chi connectivity index (χ1v) is 5.94. The number of nitrogens with one attached hydrogen (secondary N) is 1. The van der Waals surface area contributed by atoms with Crippen LogP contribution in [-0.4, -0.2) is 11.5 Å². The van der Waals surface area contributed by atoms with Crippen LogP contribution in [0, 0.1) is 5.92 Å². The molecule has 1 aliphatic rings. The van der Waals surface area contributed by atoms with Gasteiger partial charge in [-0.15, -0.1) is 0 Å². The van der Waals surface area contributed by atoms with E-state index < -0.39 is 0 Å². The van der Waals surface area contributed by atoms with Gasteiger partial charge in [0.25, 0.3) is 0 Å². The van der Waals surface area contributed by atoms with Crippen LogP contribution in [0.5, 0.6) is 0 Å². The van der Waals surface area contributed by atoms with Gasteiger partial charge in [0.2, 0.25) is 0 Å². The van der Waals surface area contributed by atoms with Gasteiger partial charge in [-0.1, -0.05) is 19.9 Å². The number of fused-ring (bicyclic) bond motifs is 1. The Morgan fingerprint density at radius 2 is 2.40 bits per heavy atom. The summed E-state index contributed by atoms with van der Waals surface area (Å²) in [7, 11) is 0. The van der Waals surface area contributed by atoms with Gasteiger partial charge in [0.05, 0.1) is 5.69 Å². The van der Waals surface area contributed by atoms with E-state index in [1.54, 1.807) is 0 Å². The third kappa shape index (κ3) is 2.57. The maximum absolute atomic E-state index is 4.52. The van der Waals surface area contributed by atoms with Gasteiger partial charge in [0.1, 0.15) is 0 Å². The van der Waals surface area contributed by atoms with Gasteiger partial charge in [-0.2, -0.15) is 0 Å². The third-order valence-corrected chi connectivity index (χ3v) is 2.97. The minimum absolute atomic E-state index is 0.484. The van der Waals surface area contributed by atoms with Crippen molar-refractivity contribution in [2.24, 2.45) is 5.92 Å². The summed E-state index contributed by atoms with van der Waals surface area (Å²) in [6.07, 6.45) is 5.63. The van der Waals surface area contributed by atoms with Crippen molar-refractivity contribution in [1.82, 2.24) is 10.3 Å². The van der Waals surface area contributed by atoms with Crippen LogP contribution in [0.15, 0.2) is 18.3 Å². The Morgan fingerprint density at radius 1 is 1.53 bits per heavy atom. The molecule has 0 fully saturated rings. The van der Waals surface area contributed by atoms with E-state index in [9.17, 15) is 0 Å². The molecule has 0 unspecified atom stereocenters. The second kappa shape index (κ2) is 4.75. The van der Waals surface area contributed by atoms with Crippen molar-refractivity contribution < 1.29 is 0 Å². The van der Waals surface area contributed by atoms with Gasteiger partial charge < -0.3 is 5.32 Å². The summed E-state index contributed by atoms with van der Waals surface area (Å²) in [6.45, 7) is 5.57. The Hall–Kier alpha value is -0.890. The normalized spacial score (nSPS) is 20.3. The average molecular weight is 204 g/mol. The highest BCUT2D eigenvalue weighted by molar-refractivity contribution is 5.25. The summed E-state index contributed by atoms with van der Waals surface area (Å²) in [5.41, 5.74) is 2.72. The zero-order valence-corrected chi connectivity index (χ0v) is 9.66. The fourth-order valence-electron chi connectivity index (χ4n) is 2.19. The first-order valence-electron chi connectivity index (χ1n) is 5.94. The van der Waals surface area contributed by atoms with E-state index in [1.165, 1.54) is 30.5 Å². The Bertz CT molecular complexity index is 320. The van der Waals surface area contributed by atoms with Crippen LogP contribution in [-0.2, 0) is 6.42 Å². The van der Waals surface area contributed by atoms with Gasteiger partial charge >= 0.3 is 0 Å². The van der Waals surface area contributed by atoms with Gasteiger partial charge in [-0.3, -0.25) is 4.98 Å². The van der Waals surface area contributed by atoms with E-state index in [0.29, 0.717) is 12.0 Å². The SMILES string of the molecule is CC(C)CN[C@@H]1CCCc2cccnc21. The Morgan fingerprint density at radius 3 is 3.20 bits per heavy atom. The fraction of sp³-hybridized carbons (Fsp3) is 0.615. The highest BCUT2D eigenvalue weighted by Gasteiger charge is 2.20. The van der Waals surface area contributed by atoms with Crippen molar-refractivity contribution in [2.45, 2.75) is 39.2 Å². The highest BCUT2D eigenvalue weighted by atomic mass is 14.9. The molecule has 82 valence electrons. The lowest BCUT2D eigenvalue weighted by molar-refractivity contribution is 0.418. The second-order valence-electron chi connectivity index (χ2n) is 4.79. The Labute approximate surface area is 92.1 Å². The van der Waals surface area contributed by atoms with Crippen LogP contribution in [0.1, 0.15) is 44.0 Å². The number of aromatic nitrogens is 1. The van der Waals surface area contributed by atoms with E-state index in [1.807, 2.05) is 12.3 Å². The Kier molecular flexibility index (Phi) is 3.37. The molecule has 0 aromatic carbocycles. The molecular formula is C13H20N2. The number of rotatable bonds is 3. The molecule has 1 aromatic rings. The summed E-state index contributed by atoms with van der Waals surface area (Å²) >= 11 is 0. The topological polar surface area (TPSA) is 24.9 Å². The molecule has 0 radical (unpaired) electrons. The van der Waals surface area contributed by atoms with E-state index >= 15 is 0 Å². The molecule has 2 rings (SSSR count). The summed E-state index contributed by atoms with van der Waals surface area (Å²) < 4.78 is 0. The predicted molar refractivity (Wildman–Crippen MR) is 62.8 cm³/mol. The maximum atomic E-state index is 4.52. The predicted octanol–water partition coefficient (Wildman–Crippen LogP) is 2.70. The molecule has 1 N–H and O–H groups in total. The summed E-state index contributed by atoms with van der Waals surface area (Å²) in [6, 6.07) is 4.74. The molecular weight excluding hydrogens is 184 g/mol. The van der Waals surface area contributed by atoms with Crippen LogP contribution in [0.4, 0.5) is 0 Å². The molecule has 1 aliphatic carbocycles. The smallest absolute Gasteiger partial charge is 0.0605 e. The number of nitrogens with zero attached hydrogens (tertiary/aromatic N) is 1. The largest absolute Gasteiger partial charge is 0.308 e. The number of aryl methyl sites for hydroxylation is 1. The molecule has 2 nitrogen and oxygen atoms in total. The number of pyridine rings is 1. The first kappa shape index (κ1) is 10.6. The van der Waals surface area contributed by atoms with Gasteiger partial charge in [-0.05, 0) is 43.4 Å². The molecule has 1 aromatic heterocycles. The summed E-state index contributed by atoms with van der Waals surface area (Å²) in [5, 5.41) is 3.61. The van der Waals surface area contributed by atoms with Crippen molar-refractivity contribution in [3.63, 3.8) is 0 Å². The lowest BCUT2D eigenvalue weighted by Crippen LogP contribution is -2.29. The summed E-state index contributed by atoms with van der Waals surface area (Å²) in [5.74, 6) is 0.707. The lowest BCUT2D eigenvalue weighted by Gasteiger charge is -2.25. The van der Waals surface area contributed by atoms with E-state index in [0.717, 1.165) is 6.54 Å². The van der Waals surface area contributed by atoms with Crippen molar-refractivity contribution in [2.75, 3.05) is 6.54 Å². The maximum Gasteiger partial charge on any atom is 0.0605 e. The minimum atomic E-state index is 0.484. The molecule has 0 saturated heterocycles. The van der Waals surface area contributed by atoms with E-state index in [2.05, 4.69) is 30.2 Å². The van der Waals surface area contributed by atoms with Crippen LogP contribution in [0.2, 0.25) is 0 Å². The van der Waals surface area contributed by atoms with Crippen LogP contribution < -0.4 is 5.32 Å². The monoisotopic (exact) mass is 204 g/mol. The first-order chi connectivity index (χ1) is 7.27. The molecule has 1 heterocycles. The summed E-state index contributed by atoms with van der Waals surface area (Å²) in [4.78, 5) is 4.52. The zero-order chi connectivity index (χ0) is 10.7. The van der Waals surface area contributed by atoms with E-state index in [-0.39, 0.29) is 0 Å². The van der Waals surface area contributed by atoms with Crippen molar-refractivity contribution in [1.29, 1.82) is 0 Å². The van der Waals surface area contributed by atoms with Gasteiger partial charge in [-0.25, -0.2) is 0 Å². The number of hydrogen-bond donors (Lipinski definition) is 1. The van der Waals surface area contributed by atoms with Gasteiger partial charge in [0.15, 0.2) is 0 Å². The molecule has 0 bridgehead atoms. The molecule has 0 aliphatic heterocycles. The quantitative estimate of drug-likeness (QED) is 0.819. The second-order valence-corrected chi connectivity index (χ2v) is 4.79. The molecule has 0 saturated carbocycles. The highest BCUT2D eigenvalue weighted by Crippen LogP contribution is 2.27. The van der Waals surface area contributed by atoms with Crippen LogP contribution in [0.3, 0.4) is 0 Å². The van der Waals surface area contributed by atoms with Crippen LogP contribution >= 0.6 is 0 Å². The zero-order valence-electron chi connectivity index (χ0n) is 9.66. The third-order valence-electron chi connectivity index (χ3n) is 2.97. The van der Waals surface area contributed by atoms with E-state index in [4.69, 9.17) is 0 Å². The molecule has 0 amide bonds. The fourth-order valence-corrected chi connectivity index (χ4v) is 2.19. The molecule has 0 spiro atoms. The molecule has 1 atom stereocenters. The average Bonchev–Trinajstić information content (AvgIpc) is 2.26. The van der Waals surface area contributed by atoms with Crippen molar-refractivity contribution in [3.8, 4) is 0 Å².